The van der Waals surface area contributed by atoms with Crippen LogP contribution in [0.5, 0.6) is 0 Å². The molecule has 1 aromatic carbocycles. The van der Waals surface area contributed by atoms with Crippen LogP contribution in [0.4, 0.5) is 0 Å². The Hall–Kier alpha value is -1.77. The molecule has 4 N–H and O–H groups in total. The topological polar surface area (TPSA) is 118 Å². The molecule has 1 saturated heterocycles. The lowest BCUT2D eigenvalue weighted by Gasteiger charge is -2.22. The molecule has 0 spiro atoms. The summed E-state index contributed by atoms with van der Waals surface area (Å²) in [6, 6.07) is 5.37. The summed E-state index contributed by atoms with van der Waals surface area (Å²) in [5, 5.41) is 2.10. The number of hydrogen-bond donors (Lipinski definition) is 3. The number of imide groups is 1. The minimum Gasteiger partial charge on any atom is -0.326 e. The molecule has 1 atom stereocenters. The van der Waals surface area contributed by atoms with E-state index in [0.29, 0.717) is 5.56 Å². The van der Waals surface area contributed by atoms with Crippen molar-refractivity contribution in [2.45, 2.75) is 30.3 Å². The Morgan fingerprint density at radius 1 is 1.30 bits per heavy atom. The normalized spacial score (nSPS) is 19.8. The lowest BCUT2D eigenvalue weighted by molar-refractivity contribution is -0.134. The molecule has 0 radical (unpaired) electrons. The fourth-order valence-corrected chi connectivity index (χ4v) is 3.47. The van der Waals surface area contributed by atoms with Gasteiger partial charge in [0, 0.05) is 13.0 Å². The number of amides is 2. The molecule has 0 aliphatic carbocycles. The minimum atomic E-state index is -3.86. The second kappa shape index (κ2) is 5.70. The zero-order chi connectivity index (χ0) is 14.8. The molecular weight excluding hydrogens is 282 g/mol. The van der Waals surface area contributed by atoms with Crippen LogP contribution in [0.15, 0.2) is 29.2 Å². The van der Waals surface area contributed by atoms with Crippen molar-refractivity contribution < 1.29 is 18.0 Å². The fourth-order valence-electron chi connectivity index (χ4n) is 1.99. The molecular formula is C12H15N3O4S. The number of piperidine rings is 1. The molecule has 8 heteroatoms. The van der Waals surface area contributed by atoms with Gasteiger partial charge in [-0.05, 0) is 18.1 Å². The van der Waals surface area contributed by atoms with Crippen LogP contribution in [-0.2, 0) is 26.2 Å². The van der Waals surface area contributed by atoms with Crippen LogP contribution < -0.4 is 15.8 Å². The van der Waals surface area contributed by atoms with E-state index in [4.69, 9.17) is 5.73 Å². The number of hydrogen-bond acceptors (Lipinski definition) is 5. The Kier molecular flexibility index (Phi) is 4.17. The Balaban J connectivity index is 2.23. The van der Waals surface area contributed by atoms with E-state index in [1.807, 2.05) is 0 Å². The number of carbonyl (C=O) groups is 2. The zero-order valence-corrected chi connectivity index (χ0v) is 11.4. The Bertz CT molecular complexity index is 642. The van der Waals surface area contributed by atoms with Crippen molar-refractivity contribution >= 4 is 21.8 Å². The number of benzene rings is 1. The Morgan fingerprint density at radius 3 is 2.65 bits per heavy atom. The van der Waals surface area contributed by atoms with Crippen molar-refractivity contribution in [2.24, 2.45) is 5.73 Å². The fraction of sp³-hybridized carbons (Fsp3) is 0.333. The highest BCUT2D eigenvalue weighted by Gasteiger charge is 2.31. The monoisotopic (exact) mass is 297 g/mol. The van der Waals surface area contributed by atoms with Gasteiger partial charge in [-0.15, -0.1) is 0 Å². The van der Waals surface area contributed by atoms with Gasteiger partial charge in [-0.2, -0.15) is 4.72 Å². The van der Waals surface area contributed by atoms with Crippen molar-refractivity contribution in [3.05, 3.63) is 29.8 Å². The van der Waals surface area contributed by atoms with Gasteiger partial charge >= 0.3 is 0 Å². The lowest BCUT2D eigenvalue weighted by Crippen LogP contribution is -2.52. The van der Waals surface area contributed by atoms with Crippen LogP contribution in [0.3, 0.4) is 0 Å². The highest BCUT2D eigenvalue weighted by atomic mass is 32.2. The highest BCUT2D eigenvalue weighted by Crippen LogP contribution is 2.16. The SMILES string of the molecule is NCc1ccccc1S(=O)(=O)NC1CCC(=O)NC1=O. The quantitative estimate of drug-likeness (QED) is 0.631. The molecule has 1 aliphatic rings. The number of rotatable bonds is 4. The summed E-state index contributed by atoms with van der Waals surface area (Å²) in [6.45, 7) is 0.0758. The maximum atomic E-state index is 12.3. The first-order chi connectivity index (χ1) is 9.44. The minimum absolute atomic E-state index is 0.0483. The van der Waals surface area contributed by atoms with Gasteiger partial charge in [0.2, 0.25) is 21.8 Å². The molecule has 1 fully saturated rings. The number of sulfonamides is 1. The summed E-state index contributed by atoms with van der Waals surface area (Å²) in [4.78, 5) is 22.7. The van der Waals surface area contributed by atoms with E-state index < -0.39 is 27.9 Å². The molecule has 0 saturated carbocycles. The predicted molar refractivity (Wildman–Crippen MR) is 70.8 cm³/mol. The molecule has 0 aromatic heterocycles. The first-order valence-corrected chi connectivity index (χ1v) is 7.56. The smallest absolute Gasteiger partial charge is 0.244 e. The molecule has 2 rings (SSSR count). The molecule has 108 valence electrons. The van der Waals surface area contributed by atoms with Crippen LogP contribution in [0.1, 0.15) is 18.4 Å². The molecule has 1 aromatic rings. The number of nitrogens with two attached hydrogens (primary N) is 1. The van der Waals surface area contributed by atoms with Crippen LogP contribution in [0.2, 0.25) is 0 Å². The summed E-state index contributed by atoms with van der Waals surface area (Å²) in [5.41, 5.74) is 5.97. The first-order valence-electron chi connectivity index (χ1n) is 6.08. The highest BCUT2D eigenvalue weighted by molar-refractivity contribution is 7.89. The number of carbonyl (C=O) groups excluding carboxylic acids is 2. The Labute approximate surface area is 116 Å². The van der Waals surface area contributed by atoms with Crippen LogP contribution in [-0.4, -0.2) is 26.3 Å². The van der Waals surface area contributed by atoms with Gasteiger partial charge in [-0.3, -0.25) is 14.9 Å². The summed E-state index contributed by atoms with van der Waals surface area (Å²) >= 11 is 0. The molecule has 7 nitrogen and oxygen atoms in total. The third-order valence-electron chi connectivity index (χ3n) is 3.02. The van der Waals surface area contributed by atoms with Crippen LogP contribution in [0.25, 0.3) is 0 Å². The van der Waals surface area contributed by atoms with Crippen molar-refractivity contribution in [1.29, 1.82) is 0 Å². The molecule has 1 aliphatic heterocycles. The summed E-state index contributed by atoms with van der Waals surface area (Å²) in [7, 11) is -3.86. The van der Waals surface area contributed by atoms with Crippen molar-refractivity contribution in [3.8, 4) is 0 Å². The van der Waals surface area contributed by atoms with Crippen molar-refractivity contribution in [1.82, 2.24) is 10.0 Å². The van der Waals surface area contributed by atoms with E-state index >= 15 is 0 Å². The zero-order valence-electron chi connectivity index (χ0n) is 10.6. The van der Waals surface area contributed by atoms with Gasteiger partial charge in [-0.25, -0.2) is 8.42 Å². The van der Waals surface area contributed by atoms with Gasteiger partial charge in [0.05, 0.1) is 4.90 Å². The van der Waals surface area contributed by atoms with Crippen molar-refractivity contribution in [2.75, 3.05) is 0 Å². The van der Waals surface area contributed by atoms with E-state index in [0.717, 1.165) is 0 Å². The Morgan fingerprint density at radius 2 is 2.00 bits per heavy atom. The van der Waals surface area contributed by atoms with E-state index in [2.05, 4.69) is 10.0 Å². The standard InChI is InChI=1S/C12H15N3O4S/c13-7-8-3-1-2-4-10(8)20(18,19)15-9-5-6-11(16)14-12(9)17/h1-4,9,15H,5-7,13H2,(H,14,16,17). The van der Waals surface area contributed by atoms with Crippen molar-refractivity contribution in [3.63, 3.8) is 0 Å². The molecule has 20 heavy (non-hydrogen) atoms. The van der Waals surface area contributed by atoms with Crippen LogP contribution in [0, 0.1) is 0 Å². The van der Waals surface area contributed by atoms with E-state index in [1.54, 1.807) is 18.2 Å². The summed E-state index contributed by atoms with van der Waals surface area (Å²) in [5.74, 6) is -1.03. The third-order valence-corrected chi connectivity index (χ3v) is 4.59. The van der Waals surface area contributed by atoms with E-state index in [1.165, 1.54) is 6.07 Å². The average molecular weight is 297 g/mol. The summed E-state index contributed by atoms with van der Waals surface area (Å²) in [6.07, 6.45) is 0.256. The average Bonchev–Trinajstić information content (AvgIpc) is 2.42. The largest absolute Gasteiger partial charge is 0.326 e. The second-order valence-corrected chi connectivity index (χ2v) is 6.12. The summed E-state index contributed by atoms with van der Waals surface area (Å²) < 4.78 is 26.9. The first kappa shape index (κ1) is 14.6. The van der Waals surface area contributed by atoms with E-state index in [9.17, 15) is 18.0 Å². The maximum Gasteiger partial charge on any atom is 0.244 e. The molecule has 0 bridgehead atoms. The molecule has 2 amide bonds. The number of nitrogens with one attached hydrogen (secondary N) is 2. The second-order valence-electron chi connectivity index (χ2n) is 4.44. The molecule has 1 heterocycles. The maximum absolute atomic E-state index is 12.3. The van der Waals surface area contributed by atoms with E-state index in [-0.39, 0.29) is 24.3 Å². The van der Waals surface area contributed by atoms with Gasteiger partial charge in [0.25, 0.3) is 0 Å². The molecule has 1 unspecified atom stereocenters. The van der Waals surface area contributed by atoms with Gasteiger partial charge < -0.3 is 5.73 Å². The van der Waals surface area contributed by atoms with Gasteiger partial charge in [-0.1, -0.05) is 18.2 Å². The third kappa shape index (κ3) is 3.03. The van der Waals surface area contributed by atoms with Gasteiger partial charge in [0.15, 0.2) is 0 Å². The van der Waals surface area contributed by atoms with Gasteiger partial charge in [0.1, 0.15) is 6.04 Å². The van der Waals surface area contributed by atoms with Crippen LogP contribution >= 0.6 is 0 Å². The lowest BCUT2D eigenvalue weighted by atomic mass is 10.1. The predicted octanol–water partition coefficient (Wildman–Crippen LogP) is -0.771.